The van der Waals surface area contributed by atoms with Crippen LogP contribution in [-0.4, -0.2) is 42.8 Å². The number of anilines is 1. The summed E-state index contributed by atoms with van der Waals surface area (Å²) < 4.78 is 15.7. The summed E-state index contributed by atoms with van der Waals surface area (Å²) in [6.07, 6.45) is 0. The molecule has 3 aliphatic rings. The van der Waals surface area contributed by atoms with Crippen LogP contribution >= 0.6 is 11.6 Å². The van der Waals surface area contributed by atoms with Crippen LogP contribution in [0.2, 0.25) is 5.02 Å². The van der Waals surface area contributed by atoms with Crippen LogP contribution in [0, 0.1) is 0 Å². The Balaban J connectivity index is 1.37. The third-order valence-corrected chi connectivity index (χ3v) is 5.41. The van der Waals surface area contributed by atoms with E-state index in [0.29, 0.717) is 39.0 Å². The van der Waals surface area contributed by atoms with Crippen molar-refractivity contribution in [3.8, 4) is 11.5 Å². The fraction of sp³-hybridized carbons (Fsp3) is 0.190. The van der Waals surface area contributed by atoms with Crippen molar-refractivity contribution in [3.63, 3.8) is 0 Å². The molecule has 0 bridgehead atoms. The van der Waals surface area contributed by atoms with E-state index in [0.717, 1.165) is 0 Å². The van der Waals surface area contributed by atoms with Crippen LogP contribution in [0.1, 0.15) is 11.6 Å². The average Bonchev–Trinajstić information content (AvgIpc) is 3.37. The number of amides is 3. The van der Waals surface area contributed by atoms with Crippen molar-refractivity contribution in [3.05, 3.63) is 64.3 Å². The maximum Gasteiger partial charge on any atom is 0.338 e. The Bertz CT molecular complexity index is 1130. The van der Waals surface area contributed by atoms with E-state index in [1.807, 2.05) is 0 Å². The summed E-state index contributed by atoms with van der Waals surface area (Å²) in [5, 5.41) is 6.03. The summed E-state index contributed by atoms with van der Waals surface area (Å²) in [5.41, 5.74) is 1.86. The number of carbonyl (C=O) groups excluding carboxylic acids is 3. The lowest BCUT2D eigenvalue weighted by Gasteiger charge is -2.32. The molecule has 2 aromatic rings. The number of fused-ring (bicyclic) bond motifs is 1. The van der Waals surface area contributed by atoms with Crippen molar-refractivity contribution in [2.45, 2.75) is 6.04 Å². The molecule has 0 spiro atoms. The Kier molecular flexibility index (Phi) is 4.67. The van der Waals surface area contributed by atoms with Crippen molar-refractivity contribution in [1.29, 1.82) is 0 Å². The lowest BCUT2D eigenvalue weighted by atomic mass is 9.96. The van der Waals surface area contributed by atoms with E-state index in [1.165, 1.54) is 4.90 Å². The van der Waals surface area contributed by atoms with Crippen molar-refractivity contribution >= 4 is 35.2 Å². The quantitative estimate of drug-likeness (QED) is 0.706. The van der Waals surface area contributed by atoms with Crippen molar-refractivity contribution in [1.82, 2.24) is 10.2 Å². The van der Waals surface area contributed by atoms with Crippen LogP contribution < -0.4 is 20.1 Å². The minimum absolute atomic E-state index is 0.0804. The molecule has 1 atom stereocenters. The zero-order chi connectivity index (χ0) is 21.5. The number of hydrogen-bond donors (Lipinski definition) is 2. The molecule has 9 nitrogen and oxygen atoms in total. The lowest BCUT2D eigenvalue weighted by Crippen LogP contribution is -2.49. The fourth-order valence-corrected chi connectivity index (χ4v) is 3.83. The third-order valence-electron chi connectivity index (χ3n) is 5.16. The number of nitrogens with zero attached hydrogens (tertiary/aromatic N) is 1. The smallest absolute Gasteiger partial charge is 0.338 e. The Hall–Kier alpha value is -3.72. The molecule has 5 rings (SSSR count). The second kappa shape index (κ2) is 7.51. The minimum Gasteiger partial charge on any atom is -0.456 e. The molecule has 0 unspecified atom stereocenters. The zero-order valence-corrected chi connectivity index (χ0v) is 16.8. The van der Waals surface area contributed by atoms with Crippen LogP contribution in [-0.2, 0) is 14.3 Å². The second-order valence-electron chi connectivity index (χ2n) is 7.07. The maximum atomic E-state index is 12.8. The fourth-order valence-electron chi connectivity index (χ4n) is 3.70. The normalized spacial score (nSPS) is 19.1. The SMILES string of the molecule is O=C(CN1C(=O)N[C@@H](c2ccc(Cl)cc2)C2=C1COC2=O)Nc1ccc2c(c1)OCO2. The third kappa shape index (κ3) is 3.53. The first-order valence-corrected chi connectivity index (χ1v) is 9.80. The van der Waals surface area contributed by atoms with Gasteiger partial charge in [0.25, 0.3) is 0 Å². The van der Waals surface area contributed by atoms with E-state index < -0.39 is 23.9 Å². The molecule has 10 heteroatoms. The van der Waals surface area contributed by atoms with Gasteiger partial charge in [0.05, 0.1) is 17.3 Å². The van der Waals surface area contributed by atoms with E-state index in [-0.39, 0.29) is 19.9 Å². The van der Waals surface area contributed by atoms with E-state index in [2.05, 4.69) is 10.6 Å². The molecule has 3 aliphatic heterocycles. The molecule has 0 saturated heterocycles. The molecule has 3 heterocycles. The van der Waals surface area contributed by atoms with Gasteiger partial charge in [-0.15, -0.1) is 0 Å². The molecule has 0 radical (unpaired) electrons. The predicted molar refractivity (Wildman–Crippen MR) is 109 cm³/mol. The van der Waals surface area contributed by atoms with Gasteiger partial charge in [0, 0.05) is 16.8 Å². The van der Waals surface area contributed by atoms with Crippen molar-refractivity contribution in [2.75, 3.05) is 25.3 Å². The highest BCUT2D eigenvalue weighted by Gasteiger charge is 2.42. The zero-order valence-electron chi connectivity index (χ0n) is 16.0. The van der Waals surface area contributed by atoms with Crippen LogP contribution in [0.3, 0.4) is 0 Å². The number of cyclic esters (lactones) is 1. The summed E-state index contributed by atoms with van der Waals surface area (Å²) in [6, 6.07) is 10.6. The highest BCUT2D eigenvalue weighted by molar-refractivity contribution is 6.30. The van der Waals surface area contributed by atoms with Gasteiger partial charge < -0.3 is 24.8 Å². The van der Waals surface area contributed by atoms with Crippen LogP contribution in [0.5, 0.6) is 11.5 Å². The van der Waals surface area contributed by atoms with E-state index in [4.69, 9.17) is 25.8 Å². The first-order valence-electron chi connectivity index (χ1n) is 9.43. The number of benzene rings is 2. The summed E-state index contributed by atoms with van der Waals surface area (Å²) >= 11 is 5.94. The summed E-state index contributed by atoms with van der Waals surface area (Å²) in [4.78, 5) is 39.0. The Morgan fingerprint density at radius 3 is 2.68 bits per heavy atom. The van der Waals surface area contributed by atoms with Gasteiger partial charge >= 0.3 is 12.0 Å². The second-order valence-corrected chi connectivity index (χ2v) is 7.51. The van der Waals surface area contributed by atoms with Gasteiger partial charge in [-0.2, -0.15) is 0 Å². The molecular weight excluding hydrogens is 426 g/mol. The monoisotopic (exact) mass is 441 g/mol. The number of ether oxygens (including phenoxy) is 3. The number of rotatable bonds is 4. The topological polar surface area (TPSA) is 106 Å². The van der Waals surface area contributed by atoms with Gasteiger partial charge in [-0.3, -0.25) is 9.69 Å². The molecule has 0 fully saturated rings. The van der Waals surface area contributed by atoms with Gasteiger partial charge in [-0.25, -0.2) is 9.59 Å². The number of hydrogen-bond acceptors (Lipinski definition) is 6. The minimum atomic E-state index is -0.678. The van der Waals surface area contributed by atoms with Gasteiger partial charge in [0.1, 0.15) is 13.2 Å². The van der Waals surface area contributed by atoms with Crippen LogP contribution in [0.4, 0.5) is 10.5 Å². The molecule has 3 amide bonds. The van der Waals surface area contributed by atoms with Crippen LogP contribution in [0.15, 0.2) is 53.7 Å². The summed E-state index contributed by atoms with van der Waals surface area (Å²) in [7, 11) is 0. The molecule has 0 aliphatic carbocycles. The maximum absolute atomic E-state index is 12.8. The lowest BCUT2D eigenvalue weighted by molar-refractivity contribution is -0.136. The number of nitrogens with one attached hydrogen (secondary N) is 2. The molecule has 2 aromatic carbocycles. The summed E-state index contributed by atoms with van der Waals surface area (Å²) in [6.45, 7) is -0.244. The van der Waals surface area contributed by atoms with Gasteiger partial charge in [-0.05, 0) is 29.8 Å². The average molecular weight is 442 g/mol. The Morgan fingerprint density at radius 2 is 1.87 bits per heavy atom. The van der Waals surface area contributed by atoms with E-state index in [1.54, 1.807) is 42.5 Å². The van der Waals surface area contributed by atoms with Gasteiger partial charge in [-0.1, -0.05) is 23.7 Å². The molecule has 31 heavy (non-hydrogen) atoms. The van der Waals surface area contributed by atoms with Crippen molar-refractivity contribution in [2.24, 2.45) is 0 Å². The highest BCUT2D eigenvalue weighted by atomic mass is 35.5. The first kappa shape index (κ1) is 19.3. The molecule has 2 N–H and O–H groups in total. The van der Waals surface area contributed by atoms with E-state index >= 15 is 0 Å². The number of carbonyl (C=O) groups is 3. The summed E-state index contributed by atoms with van der Waals surface area (Å²) in [5.74, 6) is 0.151. The number of urea groups is 1. The Morgan fingerprint density at radius 1 is 1.10 bits per heavy atom. The largest absolute Gasteiger partial charge is 0.456 e. The van der Waals surface area contributed by atoms with Gasteiger partial charge in [0.2, 0.25) is 12.7 Å². The Labute approximate surface area is 181 Å². The van der Waals surface area contributed by atoms with Crippen molar-refractivity contribution < 1.29 is 28.6 Å². The molecule has 0 aromatic heterocycles. The molecular formula is C21H16ClN3O6. The molecule has 0 saturated carbocycles. The first-order chi connectivity index (χ1) is 15.0. The molecule has 158 valence electrons. The van der Waals surface area contributed by atoms with Crippen LogP contribution in [0.25, 0.3) is 0 Å². The number of esters is 1. The standard InChI is InChI=1S/C21H16ClN3O6/c22-12-3-1-11(2-4-12)19-18-14(9-29-20(18)27)25(21(28)24-19)8-17(26)23-13-5-6-15-16(7-13)31-10-30-15/h1-7,19H,8-10H2,(H,23,26)(H,24,28)/t19-/m0/s1. The number of halogens is 1. The predicted octanol–water partition coefficient (Wildman–Crippen LogP) is 2.58. The highest BCUT2D eigenvalue weighted by Crippen LogP contribution is 2.36. The van der Waals surface area contributed by atoms with E-state index in [9.17, 15) is 14.4 Å². The van der Waals surface area contributed by atoms with Gasteiger partial charge in [0.15, 0.2) is 11.5 Å².